The van der Waals surface area contributed by atoms with Gasteiger partial charge in [0.1, 0.15) is 12.2 Å². The first-order valence-electron chi connectivity index (χ1n) is 8.25. The van der Waals surface area contributed by atoms with Crippen molar-refractivity contribution in [3.05, 3.63) is 74.6 Å². The molecule has 0 bridgehead atoms. The average molecular weight is 482 g/mol. The molecule has 10 heteroatoms. The van der Waals surface area contributed by atoms with E-state index >= 15 is 0 Å². The van der Waals surface area contributed by atoms with Gasteiger partial charge in [-0.05, 0) is 36.4 Å². The maximum absolute atomic E-state index is 12.4. The summed E-state index contributed by atoms with van der Waals surface area (Å²) < 4.78 is 36.5. The molecule has 3 rings (SSSR count). The van der Waals surface area contributed by atoms with Crippen LogP contribution in [0.15, 0.2) is 67.1 Å². The van der Waals surface area contributed by atoms with Gasteiger partial charge in [-0.3, -0.25) is 4.84 Å². The number of rotatable bonds is 6. The van der Waals surface area contributed by atoms with E-state index in [9.17, 15) is 18.0 Å². The topological polar surface area (TPSA) is 103 Å². The molecule has 2 aromatic carbocycles. The third kappa shape index (κ3) is 4.56. The fraction of sp³-hybridized carbons (Fsp3) is 0.158. The molecule has 0 aliphatic rings. The summed E-state index contributed by atoms with van der Waals surface area (Å²) in [6, 6.07) is 11.8. The molecule has 0 aliphatic heterocycles. The smallest absolute Gasteiger partial charge is 0.338 e. The third-order valence-corrected chi connectivity index (χ3v) is 6.28. The Morgan fingerprint density at radius 2 is 1.93 bits per heavy atom. The van der Waals surface area contributed by atoms with E-state index in [0.717, 1.165) is 4.47 Å². The lowest BCUT2D eigenvalue weighted by molar-refractivity contribution is -0.0258. The Morgan fingerprint density at radius 3 is 2.66 bits per heavy atom. The van der Waals surface area contributed by atoms with E-state index in [2.05, 4.69) is 15.9 Å². The van der Waals surface area contributed by atoms with Crippen LogP contribution in [0.25, 0.3) is 11.0 Å². The van der Waals surface area contributed by atoms with Gasteiger partial charge in [0.15, 0.2) is 0 Å². The first-order chi connectivity index (χ1) is 13.7. The van der Waals surface area contributed by atoms with Crippen LogP contribution >= 0.6 is 15.9 Å². The van der Waals surface area contributed by atoms with E-state index in [1.54, 1.807) is 18.2 Å². The second-order valence-corrected chi connectivity index (χ2v) is 8.78. The Morgan fingerprint density at radius 1 is 1.17 bits per heavy atom. The quantitative estimate of drug-likeness (QED) is 0.302. The van der Waals surface area contributed by atoms with Crippen LogP contribution in [0.3, 0.4) is 0 Å². The van der Waals surface area contributed by atoms with Crippen molar-refractivity contribution < 1.29 is 27.2 Å². The van der Waals surface area contributed by atoms with Gasteiger partial charge in [-0.1, -0.05) is 26.5 Å². The van der Waals surface area contributed by atoms with Crippen LogP contribution in [-0.4, -0.2) is 33.0 Å². The summed E-state index contributed by atoms with van der Waals surface area (Å²) in [5, 5.41) is 0.624. The number of benzene rings is 2. The number of carbonyl (C=O) groups is 1. The molecule has 0 spiro atoms. The van der Waals surface area contributed by atoms with Gasteiger partial charge in [0.05, 0.1) is 17.6 Å². The maximum atomic E-state index is 12.4. The average Bonchev–Trinajstić information content (AvgIpc) is 2.70. The minimum absolute atomic E-state index is 0.0468. The number of ether oxygens (including phenoxy) is 1. The van der Waals surface area contributed by atoms with Crippen molar-refractivity contribution in [2.45, 2.75) is 11.5 Å². The van der Waals surface area contributed by atoms with Crippen molar-refractivity contribution in [3.63, 3.8) is 0 Å². The van der Waals surface area contributed by atoms with Crippen molar-refractivity contribution in [3.8, 4) is 0 Å². The van der Waals surface area contributed by atoms with Gasteiger partial charge in [-0.2, -0.15) is 0 Å². The highest BCUT2D eigenvalue weighted by Crippen LogP contribution is 2.23. The Hall–Kier alpha value is -2.53. The fourth-order valence-corrected chi connectivity index (χ4v) is 3.94. The molecule has 0 saturated heterocycles. The molecule has 1 heterocycles. The summed E-state index contributed by atoms with van der Waals surface area (Å²) in [4.78, 5) is 28.8. The van der Waals surface area contributed by atoms with Gasteiger partial charge in [0, 0.05) is 28.5 Å². The van der Waals surface area contributed by atoms with Crippen LogP contribution in [0.4, 0.5) is 0 Å². The molecule has 0 atom stereocenters. The molecule has 0 N–H and O–H groups in total. The van der Waals surface area contributed by atoms with Gasteiger partial charge >= 0.3 is 11.6 Å². The summed E-state index contributed by atoms with van der Waals surface area (Å²) in [7, 11) is -1.45. The number of hydroxylamine groups is 1. The number of hydrogen-bond donors (Lipinski definition) is 0. The standard InChI is InChI=1S/C19H16BrNO7S/c1-21(26-2)29(24,25)15-5-3-4-12(8-15)19(23)27-11-13-9-18(22)28-17-10-14(20)6-7-16(13)17/h3-10H,11H2,1-2H3. The molecule has 1 aromatic heterocycles. The minimum Gasteiger partial charge on any atom is -0.457 e. The zero-order chi connectivity index (χ0) is 21.2. The van der Waals surface area contributed by atoms with Gasteiger partial charge in [-0.25, -0.2) is 18.0 Å². The normalized spacial score (nSPS) is 11.7. The Kier molecular flexibility index (Phi) is 6.18. The molecule has 0 fully saturated rings. The SMILES string of the molecule is CON(C)S(=O)(=O)c1cccc(C(=O)OCc2cc(=O)oc3cc(Br)ccc23)c1. The van der Waals surface area contributed by atoms with Crippen LogP contribution in [0.1, 0.15) is 15.9 Å². The van der Waals surface area contributed by atoms with Crippen molar-refractivity contribution >= 4 is 42.9 Å². The first-order valence-corrected chi connectivity index (χ1v) is 10.5. The maximum Gasteiger partial charge on any atom is 0.338 e. The summed E-state index contributed by atoms with van der Waals surface area (Å²) >= 11 is 3.30. The number of esters is 1. The van der Waals surface area contributed by atoms with Crippen molar-refractivity contribution in [1.82, 2.24) is 4.47 Å². The van der Waals surface area contributed by atoms with Crippen LogP contribution in [0, 0.1) is 0 Å². The summed E-state index contributed by atoms with van der Waals surface area (Å²) in [5.41, 5.74) is 0.302. The molecule has 29 heavy (non-hydrogen) atoms. The summed E-state index contributed by atoms with van der Waals surface area (Å²) in [5.74, 6) is -0.736. The molecule has 0 saturated carbocycles. The number of carbonyl (C=O) groups excluding carboxylic acids is 1. The lowest BCUT2D eigenvalue weighted by Crippen LogP contribution is -2.25. The highest BCUT2D eigenvalue weighted by Gasteiger charge is 2.22. The first kappa shape index (κ1) is 21.2. The minimum atomic E-state index is -3.91. The van der Waals surface area contributed by atoms with E-state index in [4.69, 9.17) is 14.0 Å². The second kappa shape index (κ2) is 8.46. The largest absolute Gasteiger partial charge is 0.457 e. The molecule has 0 aliphatic carbocycles. The van der Waals surface area contributed by atoms with Crippen LogP contribution in [0.2, 0.25) is 0 Å². The zero-order valence-electron chi connectivity index (χ0n) is 15.4. The highest BCUT2D eigenvalue weighted by atomic mass is 79.9. The van der Waals surface area contributed by atoms with Crippen LogP contribution < -0.4 is 5.63 Å². The Balaban J connectivity index is 1.85. The highest BCUT2D eigenvalue weighted by molar-refractivity contribution is 9.10. The molecule has 0 radical (unpaired) electrons. The van der Waals surface area contributed by atoms with E-state index < -0.39 is 21.6 Å². The van der Waals surface area contributed by atoms with Gasteiger partial charge < -0.3 is 9.15 Å². The lowest BCUT2D eigenvalue weighted by atomic mass is 10.1. The number of nitrogens with zero attached hydrogens (tertiary/aromatic N) is 1. The van der Waals surface area contributed by atoms with Crippen molar-refractivity contribution in [2.24, 2.45) is 0 Å². The summed E-state index contributed by atoms with van der Waals surface area (Å²) in [6.45, 7) is -0.183. The van der Waals surface area contributed by atoms with E-state index in [1.165, 1.54) is 44.5 Å². The van der Waals surface area contributed by atoms with Gasteiger partial charge in [0.25, 0.3) is 10.0 Å². The van der Waals surface area contributed by atoms with Crippen molar-refractivity contribution in [1.29, 1.82) is 0 Å². The van der Waals surface area contributed by atoms with E-state index in [1.807, 2.05) is 0 Å². The Bertz CT molecular complexity index is 1240. The molecule has 8 nitrogen and oxygen atoms in total. The number of halogens is 1. The second-order valence-electron chi connectivity index (χ2n) is 5.93. The molecule has 152 valence electrons. The fourth-order valence-electron chi connectivity index (χ4n) is 2.58. The number of hydrogen-bond acceptors (Lipinski definition) is 7. The zero-order valence-corrected chi connectivity index (χ0v) is 17.8. The predicted octanol–water partition coefficient (Wildman–Crippen LogP) is 3.09. The van der Waals surface area contributed by atoms with Gasteiger partial charge in [-0.15, -0.1) is 0 Å². The molecule has 0 amide bonds. The summed E-state index contributed by atoms with van der Waals surface area (Å²) in [6.07, 6.45) is 0. The lowest BCUT2D eigenvalue weighted by Gasteiger charge is -2.14. The molecule has 3 aromatic rings. The predicted molar refractivity (Wildman–Crippen MR) is 108 cm³/mol. The van der Waals surface area contributed by atoms with E-state index in [0.29, 0.717) is 21.0 Å². The van der Waals surface area contributed by atoms with E-state index in [-0.39, 0.29) is 17.1 Å². The third-order valence-electron chi connectivity index (χ3n) is 4.11. The molecular weight excluding hydrogens is 466 g/mol. The number of sulfonamides is 1. The van der Waals surface area contributed by atoms with Gasteiger partial charge in [0.2, 0.25) is 0 Å². The monoisotopic (exact) mass is 481 g/mol. The number of fused-ring (bicyclic) bond motifs is 1. The Labute approximate surface area is 174 Å². The molecular formula is C19H16BrNO7S. The van der Waals surface area contributed by atoms with Crippen molar-refractivity contribution in [2.75, 3.05) is 14.2 Å². The molecule has 0 unspecified atom stereocenters. The van der Waals surface area contributed by atoms with Crippen LogP contribution in [-0.2, 0) is 26.2 Å². The van der Waals surface area contributed by atoms with Crippen LogP contribution in [0.5, 0.6) is 0 Å².